The van der Waals surface area contributed by atoms with E-state index in [2.05, 4.69) is 10.3 Å². The monoisotopic (exact) mass is 254 g/mol. The van der Waals surface area contributed by atoms with Crippen molar-refractivity contribution >= 4 is 17.6 Å². The molecule has 1 heterocycles. The maximum Gasteiger partial charge on any atom is 0.406 e. The number of nitrogens with zero attached hydrogens (tertiary/aromatic N) is 3. The van der Waals surface area contributed by atoms with E-state index in [1.165, 1.54) is 0 Å². The van der Waals surface area contributed by atoms with Crippen molar-refractivity contribution in [3.05, 3.63) is 15.9 Å². The number of nitrogens with one attached hydrogen (secondary N) is 1. The van der Waals surface area contributed by atoms with Gasteiger partial charge in [0.05, 0.1) is 5.41 Å². The van der Waals surface area contributed by atoms with Crippen LogP contribution < -0.4 is 5.32 Å². The van der Waals surface area contributed by atoms with Crippen LogP contribution in [-0.4, -0.2) is 32.1 Å². The third-order valence-electron chi connectivity index (χ3n) is 3.37. The Kier molecular flexibility index (Phi) is 2.72. The summed E-state index contributed by atoms with van der Waals surface area (Å²) >= 11 is 0. The average molecular weight is 254 g/mol. The van der Waals surface area contributed by atoms with E-state index in [4.69, 9.17) is 5.11 Å². The number of aliphatic carboxylic acids is 1. The number of carboxylic acid groups (broad SMARTS) is 1. The maximum absolute atomic E-state index is 11.0. The number of anilines is 1. The van der Waals surface area contributed by atoms with Crippen LogP contribution in [0.25, 0.3) is 0 Å². The number of imidazole rings is 1. The minimum absolute atomic E-state index is 0.183. The number of carbonyl (C=O) groups is 1. The zero-order valence-corrected chi connectivity index (χ0v) is 10.1. The Morgan fingerprint density at radius 3 is 2.72 bits per heavy atom. The molecule has 18 heavy (non-hydrogen) atoms. The van der Waals surface area contributed by atoms with Gasteiger partial charge in [-0.3, -0.25) is 9.36 Å². The Balaban J connectivity index is 2.19. The summed E-state index contributed by atoms with van der Waals surface area (Å²) in [6, 6.07) is 0. The zero-order chi connectivity index (χ0) is 13.5. The van der Waals surface area contributed by atoms with Crippen molar-refractivity contribution < 1.29 is 14.8 Å². The van der Waals surface area contributed by atoms with Crippen molar-refractivity contribution in [1.82, 2.24) is 9.55 Å². The van der Waals surface area contributed by atoms with Crippen molar-refractivity contribution in [2.75, 3.05) is 11.9 Å². The average Bonchev–Trinajstić information content (AvgIpc) is 3.02. The molecule has 2 rings (SSSR count). The Labute approximate surface area is 103 Å². The molecule has 0 amide bonds. The highest BCUT2D eigenvalue weighted by Crippen LogP contribution is 2.46. The minimum atomic E-state index is -0.864. The van der Waals surface area contributed by atoms with Gasteiger partial charge >= 0.3 is 11.8 Å². The molecule has 8 heteroatoms. The number of hydrogen-bond donors (Lipinski definition) is 2. The number of carboxylic acids is 1. The second-order valence-electron chi connectivity index (χ2n) is 4.59. The summed E-state index contributed by atoms with van der Waals surface area (Å²) in [7, 11) is 1.65. The zero-order valence-electron chi connectivity index (χ0n) is 10.1. The van der Waals surface area contributed by atoms with Gasteiger partial charge in [-0.15, -0.1) is 0 Å². The Morgan fingerprint density at radius 1 is 1.67 bits per heavy atom. The second-order valence-corrected chi connectivity index (χ2v) is 4.59. The first-order valence-corrected chi connectivity index (χ1v) is 5.52. The third-order valence-corrected chi connectivity index (χ3v) is 3.37. The summed E-state index contributed by atoms with van der Waals surface area (Å²) in [5.74, 6) is -0.373. The highest BCUT2D eigenvalue weighted by Gasteiger charge is 2.50. The minimum Gasteiger partial charge on any atom is -0.481 e. The Bertz CT molecular complexity index is 518. The van der Waals surface area contributed by atoms with E-state index < -0.39 is 16.3 Å². The van der Waals surface area contributed by atoms with Crippen molar-refractivity contribution in [1.29, 1.82) is 0 Å². The molecule has 0 bridgehead atoms. The molecule has 0 unspecified atom stereocenters. The molecule has 0 aliphatic heterocycles. The van der Waals surface area contributed by atoms with Gasteiger partial charge in [0.15, 0.2) is 0 Å². The number of nitro groups is 1. The smallest absolute Gasteiger partial charge is 0.406 e. The lowest BCUT2D eigenvalue weighted by Gasteiger charge is -2.11. The van der Waals surface area contributed by atoms with Crippen LogP contribution in [0.2, 0.25) is 0 Å². The van der Waals surface area contributed by atoms with Crippen LogP contribution in [0, 0.1) is 22.5 Å². The van der Waals surface area contributed by atoms with Gasteiger partial charge in [0, 0.05) is 20.5 Å². The van der Waals surface area contributed by atoms with Crippen LogP contribution in [0.15, 0.2) is 0 Å². The third kappa shape index (κ3) is 1.89. The molecule has 1 aliphatic carbocycles. The second kappa shape index (κ2) is 3.97. The summed E-state index contributed by atoms with van der Waals surface area (Å²) < 4.78 is 1.55. The van der Waals surface area contributed by atoms with Crippen LogP contribution in [0.1, 0.15) is 18.7 Å². The van der Waals surface area contributed by atoms with Crippen LogP contribution in [-0.2, 0) is 11.8 Å². The predicted octanol–water partition coefficient (Wildman–Crippen LogP) is 0.913. The molecule has 0 spiro atoms. The van der Waals surface area contributed by atoms with Crippen molar-refractivity contribution in [2.24, 2.45) is 12.5 Å². The first kappa shape index (κ1) is 12.3. The first-order chi connectivity index (χ1) is 8.37. The molecule has 1 aromatic heterocycles. The SMILES string of the molecule is Cc1nc([N+](=O)[O-])c(NCC2(C(=O)O)CC2)n1C. The molecule has 2 N–H and O–H groups in total. The van der Waals surface area contributed by atoms with Crippen molar-refractivity contribution in [3.8, 4) is 0 Å². The van der Waals surface area contributed by atoms with E-state index in [9.17, 15) is 14.9 Å². The predicted molar refractivity (Wildman–Crippen MR) is 62.4 cm³/mol. The highest BCUT2D eigenvalue weighted by molar-refractivity contribution is 5.78. The van der Waals surface area contributed by atoms with Gasteiger partial charge in [0.25, 0.3) is 0 Å². The van der Waals surface area contributed by atoms with Crippen LogP contribution in [0.4, 0.5) is 11.6 Å². The molecule has 98 valence electrons. The van der Waals surface area contributed by atoms with Crippen LogP contribution >= 0.6 is 0 Å². The quantitative estimate of drug-likeness (QED) is 0.597. The van der Waals surface area contributed by atoms with Gasteiger partial charge in [-0.25, -0.2) is 0 Å². The molecule has 1 aliphatic rings. The summed E-state index contributed by atoms with van der Waals surface area (Å²) in [6.45, 7) is 1.84. The lowest BCUT2D eigenvalue weighted by molar-refractivity contribution is -0.388. The van der Waals surface area contributed by atoms with Gasteiger partial charge in [-0.2, -0.15) is 0 Å². The summed E-state index contributed by atoms with van der Waals surface area (Å²) in [5, 5.41) is 22.7. The lowest BCUT2D eigenvalue weighted by atomic mass is 10.1. The molecule has 1 saturated carbocycles. The molecule has 0 radical (unpaired) electrons. The molecule has 8 nitrogen and oxygen atoms in total. The van der Waals surface area contributed by atoms with E-state index >= 15 is 0 Å². The fourth-order valence-electron chi connectivity index (χ4n) is 1.79. The van der Waals surface area contributed by atoms with Gasteiger partial charge in [-0.1, -0.05) is 0 Å². The molecular formula is C10H14N4O4. The fraction of sp³-hybridized carbons (Fsp3) is 0.600. The molecule has 1 aromatic rings. The van der Waals surface area contributed by atoms with E-state index in [1.54, 1.807) is 18.5 Å². The van der Waals surface area contributed by atoms with Crippen LogP contribution in [0.3, 0.4) is 0 Å². The highest BCUT2D eigenvalue weighted by atomic mass is 16.6. The molecular weight excluding hydrogens is 240 g/mol. The van der Waals surface area contributed by atoms with E-state index in [0.717, 1.165) is 0 Å². The Morgan fingerprint density at radius 2 is 2.28 bits per heavy atom. The first-order valence-electron chi connectivity index (χ1n) is 5.52. The largest absolute Gasteiger partial charge is 0.481 e. The normalized spacial score (nSPS) is 16.3. The van der Waals surface area contributed by atoms with Gasteiger partial charge < -0.3 is 20.5 Å². The molecule has 0 saturated heterocycles. The standard InChI is InChI=1S/C10H14N4O4/c1-6-12-8(14(17)18)7(13(6)2)11-5-10(3-4-10)9(15)16/h11H,3-5H2,1-2H3,(H,15,16). The van der Waals surface area contributed by atoms with Crippen molar-refractivity contribution in [3.63, 3.8) is 0 Å². The summed E-state index contributed by atoms with van der Waals surface area (Å²) in [6.07, 6.45) is 1.19. The fourth-order valence-corrected chi connectivity index (χ4v) is 1.79. The number of aromatic nitrogens is 2. The van der Waals surface area contributed by atoms with E-state index in [-0.39, 0.29) is 18.2 Å². The molecule has 0 aromatic carbocycles. The van der Waals surface area contributed by atoms with Gasteiger partial charge in [0.1, 0.15) is 0 Å². The lowest BCUT2D eigenvalue weighted by Crippen LogP contribution is -2.25. The summed E-state index contributed by atoms with van der Waals surface area (Å²) in [5.41, 5.74) is -0.772. The Hall–Kier alpha value is -2.12. The number of aryl methyl sites for hydroxylation is 1. The number of hydrogen-bond acceptors (Lipinski definition) is 5. The maximum atomic E-state index is 11.0. The van der Waals surface area contributed by atoms with Gasteiger partial charge in [0.2, 0.25) is 11.6 Å². The number of rotatable bonds is 5. The van der Waals surface area contributed by atoms with Crippen LogP contribution in [0.5, 0.6) is 0 Å². The van der Waals surface area contributed by atoms with E-state index in [1.807, 2.05) is 0 Å². The van der Waals surface area contributed by atoms with Gasteiger partial charge in [-0.05, 0) is 22.7 Å². The summed E-state index contributed by atoms with van der Waals surface area (Å²) in [4.78, 5) is 25.1. The van der Waals surface area contributed by atoms with Crippen molar-refractivity contribution in [2.45, 2.75) is 19.8 Å². The molecule has 0 atom stereocenters. The van der Waals surface area contributed by atoms with E-state index in [0.29, 0.717) is 18.7 Å². The topological polar surface area (TPSA) is 110 Å². The molecule has 1 fully saturated rings.